The molecule has 0 aliphatic carbocycles. The van der Waals surface area contributed by atoms with E-state index in [1.807, 2.05) is 24.3 Å². The zero-order chi connectivity index (χ0) is 13.8. The van der Waals surface area contributed by atoms with Gasteiger partial charge in [-0.15, -0.1) is 0 Å². The van der Waals surface area contributed by atoms with Gasteiger partial charge < -0.3 is 4.74 Å². The van der Waals surface area contributed by atoms with E-state index in [0.717, 1.165) is 34.3 Å². The third-order valence-corrected chi connectivity index (χ3v) is 3.55. The summed E-state index contributed by atoms with van der Waals surface area (Å²) in [5.41, 5.74) is 1.83. The van der Waals surface area contributed by atoms with Crippen molar-refractivity contribution in [3.05, 3.63) is 39.6 Å². The summed E-state index contributed by atoms with van der Waals surface area (Å²) in [6, 6.07) is 7.50. The molecule has 0 spiro atoms. The van der Waals surface area contributed by atoms with Gasteiger partial charge in [0.15, 0.2) is 5.82 Å². The van der Waals surface area contributed by atoms with Crippen LogP contribution in [0.25, 0.3) is 11.4 Å². The van der Waals surface area contributed by atoms with Crippen LogP contribution in [0.3, 0.4) is 0 Å². The standard InChI is InChI=1S/C14H14BrClN2O/c1-3-4-9-7-13(16)18-14(17-9)11-8-10(19-2)5-6-12(11)15/h5-8H,3-4H2,1-2H3. The summed E-state index contributed by atoms with van der Waals surface area (Å²) in [6.07, 6.45) is 1.91. The van der Waals surface area contributed by atoms with E-state index in [-0.39, 0.29) is 0 Å². The van der Waals surface area contributed by atoms with Crippen LogP contribution in [0.2, 0.25) is 5.15 Å². The average molecular weight is 342 g/mol. The van der Waals surface area contributed by atoms with Crippen LogP contribution in [0.15, 0.2) is 28.7 Å². The van der Waals surface area contributed by atoms with Gasteiger partial charge in [0.25, 0.3) is 0 Å². The molecule has 1 heterocycles. The summed E-state index contributed by atoms with van der Waals surface area (Å²) < 4.78 is 6.14. The first-order valence-electron chi connectivity index (χ1n) is 6.01. The number of benzene rings is 1. The van der Waals surface area contributed by atoms with E-state index in [1.54, 1.807) is 7.11 Å². The maximum atomic E-state index is 6.06. The maximum Gasteiger partial charge on any atom is 0.162 e. The van der Waals surface area contributed by atoms with E-state index in [4.69, 9.17) is 16.3 Å². The maximum absolute atomic E-state index is 6.06. The van der Waals surface area contributed by atoms with Crippen LogP contribution in [0.5, 0.6) is 5.75 Å². The highest BCUT2D eigenvalue weighted by atomic mass is 79.9. The summed E-state index contributed by atoms with van der Waals surface area (Å²) in [7, 11) is 1.63. The molecule has 0 radical (unpaired) electrons. The molecule has 0 N–H and O–H groups in total. The van der Waals surface area contributed by atoms with E-state index in [0.29, 0.717) is 11.0 Å². The molecule has 0 unspecified atom stereocenters. The SMILES string of the molecule is CCCc1cc(Cl)nc(-c2cc(OC)ccc2Br)n1. The van der Waals surface area contributed by atoms with Crippen LogP contribution in [-0.4, -0.2) is 17.1 Å². The molecule has 0 aliphatic rings. The lowest BCUT2D eigenvalue weighted by Gasteiger charge is -2.08. The van der Waals surface area contributed by atoms with E-state index >= 15 is 0 Å². The van der Waals surface area contributed by atoms with Crippen LogP contribution in [0, 0.1) is 0 Å². The fraction of sp³-hybridized carbons (Fsp3) is 0.286. The largest absolute Gasteiger partial charge is 0.497 e. The highest BCUT2D eigenvalue weighted by Crippen LogP contribution is 2.30. The Labute approximate surface area is 126 Å². The van der Waals surface area contributed by atoms with Crippen molar-refractivity contribution in [2.24, 2.45) is 0 Å². The molecule has 3 nitrogen and oxygen atoms in total. The molecule has 0 fully saturated rings. The number of hydrogen-bond acceptors (Lipinski definition) is 3. The van der Waals surface area contributed by atoms with E-state index in [1.165, 1.54) is 0 Å². The van der Waals surface area contributed by atoms with Crippen molar-refractivity contribution >= 4 is 27.5 Å². The van der Waals surface area contributed by atoms with Crippen LogP contribution in [0.1, 0.15) is 19.0 Å². The monoisotopic (exact) mass is 340 g/mol. The molecule has 100 valence electrons. The summed E-state index contributed by atoms with van der Waals surface area (Å²) in [5.74, 6) is 1.38. The molecule has 2 rings (SSSR count). The van der Waals surface area contributed by atoms with Crippen molar-refractivity contribution in [1.82, 2.24) is 9.97 Å². The minimum absolute atomic E-state index is 0.461. The number of hydrogen-bond donors (Lipinski definition) is 0. The Morgan fingerprint density at radius 2 is 2.05 bits per heavy atom. The fourth-order valence-corrected chi connectivity index (χ4v) is 2.40. The van der Waals surface area contributed by atoms with Crippen molar-refractivity contribution in [1.29, 1.82) is 0 Å². The molecule has 19 heavy (non-hydrogen) atoms. The van der Waals surface area contributed by atoms with Gasteiger partial charge in [0.2, 0.25) is 0 Å². The van der Waals surface area contributed by atoms with E-state index < -0.39 is 0 Å². The molecule has 5 heteroatoms. The Morgan fingerprint density at radius 3 is 2.74 bits per heavy atom. The van der Waals surface area contributed by atoms with Crippen LogP contribution < -0.4 is 4.74 Å². The minimum atomic E-state index is 0.461. The summed E-state index contributed by atoms with van der Waals surface area (Å²) in [4.78, 5) is 8.84. The first-order valence-corrected chi connectivity index (χ1v) is 7.18. The smallest absolute Gasteiger partial charge is 0.162 e. The van der Waals surface area contributed by atoms with Gasteiger partial charge in [0, 0.05) is 15.7 Å². The number of rotatable bonds is 4. The number of halogens is 2. The summed E-state index contributed by atoms with van der Waals surface area (Å²) >= 11 is 9.57. The quantitative estimate of drug-likeness (QED) is 0.767. The number of ether oxygens (including phenoxy) is 1. The lowest BCUT2D eigenvalue weighted by Crippen LogP contribution is -1.97. The van der Waals surface area contributed by atoms with Crippen molar-refractivity contribution in [3.8, 4) is 17.1 Å². The van der Waals surface area contributed by atoms with Crippen molar-refractivity contribution < 1.29 is 4.74 Å². The first kappa shape index (κ1) is 14.3. The first-order chi connectivity index (χ1) is 9.13. The Morgan fingerprint density at radius 1 is 1.26 bits per heavy atom. The number of nitrogens with zero attached hydrogens (tertiary/aromatic N) is 2. The Bertz CT molecular complexity index is 590. The lowest BCUT2D eigenvalue weighted by atomic mass is 10.2. The molecule has 1 aromatic carbocycles. The van der Waals surface area contributed by atoms with Crippen LogP contribution in [0.4, 0.5) is 0 Å². The average Bonchev–Trinajstić information content (AvgIpc) is 2.39. The van der Waals surface area contributed by atoms with Gasteiger partial charge in [0.1, 0.15) is 10.9 Å². The predicted molar refractivity (Wildman–Crippen MR) is 80.7 cm³/mol. The highest BCUT2D eigenvalue weighted by Gasteiger charge is 2.10. The Kier molecular flexibility index (Phi) is 4.77. The molecule has 0 atom stereocenters. The van der Waals surface area contributed by atoms with Crippen molar-refractivity contribution in [3.63, 3.8) is 0 Å². The molecule has 2 aromatic rings. The third-order valence-electron chi connectivity index (χ3n) is 2.67. The van der Waals surface area contributed by atoms with Gasteiger partial charge >= 0.3 is 0 Å². The predicted octanol–water partition coefficient (Wildman–Crippen LogP) is 4.52. The van der Waals surface area contributed by atoms with Crippen molar-refractivity contribution in [2.45, 2.75) is 19.8 Å². The van der Waals surface area contributed by atoms with Crippen LogP contribution >= 0.6 is 27.5 Å². The molecular formula is C14H14BrClN2O. The molecule has 0 saturated heterocycles. The van der Waals surface area contributed by atoms with Gasteiger partial charge in [-0.3, -0.25) is 0 Å². The van der Waals surface area contributed by atoms with Gasteiger partial charge in [-0.1, -0.05) is 40.9 Å². The van der Waals surface area contributed by atoms with E-state index in [9.17, 15) is 0 Å². The highest BCUT2D eigenvalue weighted by molar-refractivity contribution is 9.10. The summed E-state index contributed by atoms with van der Waals surface area (Å²) in [6.45, 7) is 2.11. The zero-order valence-electron chi connectivity index (χ0n) is 10.8. The van der Waals surface area contributed by atoms with Gasteiger partial charge in [-0.05, 0) is 30.7 Å². The molecule has 0 bridgehead atoms. The second kappa shape index (κ2) is 6.35. The lowest BCUT2D eigenvalue weighted by molar-refractivity contribution is 0.415. The molecule has 0 saturated carbocycles. The topological polar surface area (TPSA) is 35.0 Å². The minimum Gasteiger partial charge on any atom is -0.497 e. The molecule has 0 aliphatic heterocycles. The van der Waals surface area contributed by atoms with Crippen molar-refractivity contribution in [2.75, 3.05) is 7.11 Å². The molecular weight excluding hydrogens is 328 g/mol. The van der Waals surface area contributed by atoms with Gasteiger partial charge in [-0.2, -0.15) is 0 Å². The number of aromatic nitrogens is 2. The number of aryl methyl sites for hydroxylation is 1. The number of methoxy groups -OCH3 is 1. The Hall–Kier alpha value is -1.13. The Balaban J connectivity index is 2.51. The normalized spacial score (nSPS) is 10.5. The van der Waals surface area contributed by atoms with Gasteiger partial charge in [0.05, 0.1) is 7.11 Å². The fourth-order valence-electron chi connectivity index (χ4n) is 1.77. The van der Waals surface area contributed by atoms with Crippen LogP contribution in [-0.2, 0) is 6.42 Å². The second-order valence-corrected chi connectivity index (χ2v) is 5.34. The van der Waals surface area contributed by atoms with E-state index in [2.05, 4.69) is 32.8 Å². The summed E-state index contributed by atoms with van der Waals surface area (Å²) in [5, 5.41) is 0.461. The third kappa shape index (κ3) is 3.45. The molecule has 0 amide bonds. The second-order valence-electron chi connectivity index (χ2n) is 4.10. The molecule has 1 aromatic heterocycles. The van der Waals surface area contributed by atoms with Gasteiger partial charge in [-0.25, -0.2) is 9.97 Å². The zero-order valence-corrected chi connectivity index (χ0v) is 13.1.